The third kappa shape index (κ3) is 7.62. The Bertz CT molecular complexity index is 1390. The van der Waals surface area contributed by atoms with Gasteiger partial charge in [-0.25, -0.2) is 23.5 Å². The summed E-state index contributed by atoms with van der Waals surface area (Å²) in [5.41, 5.74) is 6.64. The zero-order valence-electron chi connectivity index (χ0n) is 26.5. The molecule has 0 bridgehead atoms. The molecule has 2 saturated carbocycles. The molecule has 3 fully saturated rings. The largest absolute Gasteiger partial charge is 0.443 e. The highest BCUT2D eigenvalue weighted by Gasteiger charge is 2.55. The van der Waals surface area contributed by atoms with Crippen molar-refractivity contribution in [2.75, 3.05) is 34.9 Å². The molecule has 5 rings (SSSR count). The fraction of sp³-hybridized carbons (Fsp3) is 0.645. The number of benzene rings is 1. The predicted octanol–water partition coefficient (Wildman–Crippen LogP) is 5.22. The first-order valence-corrected chi connectivity index (χ1v) is 16.3. The fourth-order valence-electron chi connectivity index (χ4n) is 5.87. The maximum Gasteiger partial charge on any atom is 0.416 e. The molecule has 2 aliphatic carbocycles. The number of aliphatic hydroxyl groups excluding tert-OH is 1. The number of carbonyl (C=O) groups is 1. The van der Waals surface area contributed by atoms with Crippen LogP contribution in [0.3, 0.4) is 0 Å². The smallest absolute Gasteiger partial charge is 0.416 e. The van der Waals surface area contributed by atoms with E-state index in [1.807, 2.05) is 20.8 Å². The third-order valence-electron chi connectivity index (χ3n) is 7.78. The van der Waals surface area contributed by atoms with Crippen molar-refractivity contribution >= 4 is 35.2 Å². The van der Waals surface area contributed by atoms with Crippen LogP contribution < -0.4 is 16.0 Å². The zero-order valence-corrected chi connectivity index (χ0v) is 27.3. The van der Waals surface area contributed by atoms with Gasteiger partial charge in [0.15, 0.2) is 34.2 Å². The Balaban J connectivity index is 1.51. The number of ether oxygens (including phenoxy) is 4. The average Bonchev–Trinajstić information content (AvgIpc) is 3.58. The van der Waals surface area contributed by atoms with Gasteiger partial charge in [0, 0.05) is 17.7 Å². The highest BCUT2D eigenvalue weighted by molar-refractivity contribution is 7.99. The molecule has 0 spiro atoms. The molecule has 0 radical (unpaired) electrons. The number of hydrogen-bond acceptors (Lipinski definition) is 11. The van der Waals surface area contributed by atoms with Crippen molar-refractivity contribution in [1.82, 2.24) is 9.97 Å². The first kappa shape index (κ1) is 33.6. The quantitative estimate of drug-likeness (QED) is 0.218. The number of carbonyl (C=O) groups excluding carboxylic acids is 1. The second kappa shape index (κ2) is 13.1. The van der Waals surface area contributed by atoms with Gasteiger partial charge < -0.3 is 35.1 Å². The fourth-order valence-corrected chi connectivity index (χ4v) is 6.56. The van der Waals surface area contributed by atoms with E-state index in [1.165, 1.54) is 22.7 Å². The molecule has 6 unspecified atom stereocenters. The van der Waals surface area contributed by atoms with Gasteiger partial charge in [0.2, 0.25) is 0 Å². The predicted molar refractivity (Wildman–Crippen MR) is 166 cm³/mol. The summed E-state index contributed by atoms with van der Waals surface area (Å²) in [4.78, 5) is 24.7. The summed E-state index contributed by atoms with van der Waals surface area (Å²) in [7, 11) is 0. The molecule has 248 valence electrons. The van der Waals surface area contributed by atoms with Crippen LogP contribution in [-0.2, 0) is 18.9 Å². The lowest BCUT2D eigenvalue weighted by Gasteiger charge is -2.29. The molecule has 1 saturated heterocycles. The highest BCUT2D eigenvalue weighted by atomic mass is 32.2. The molecule has 1 amide bonds. The minimum Gasteiger partial charge on any atom is -0.443 e. The number of nitrogens with zero attached hydrogens (tertiary/aromatic N) is 3. The van der Waals surface area contributed by atoms with Crippen LogP contribution in [0.2, 0.25) is 0 Å². The Morgan fingerprint density at radius 1 is 1.20 bits per heavy atom. The van der Waals surface area contributed by atoms with Gasteiger partial charge >= 0.3 is 6.09 Å². The number of halogens is 2. The van der Waals surface area contributed by atoms with Crippen molar-refractivity contribution in [2.45, 2.75) is 114 Å². The molecule has 3 aliphatic rings. The van der Waals surface area contributed by atoms with E-state index in [1.54, 1.807) is 20.8 Å². The molecule has 1 aromatic heterocycles. The van der Waals surface area contributed by atoms with E-state index in [-0.39, 0.29) is 48.9 Å². The van der Waals surface area contributed by atoms with Gasteiger partial charge in [-0.3, -0.25) is 4.90 Å². The Kier molecular flexibility index (Phi) is 9.81. The number of nitrogens with one attached hydrogen (secondary N) is 1. The third-order valence-corrected chi connectivity index (χ3v) is 8.83. The molecule has 6 atom stereocenters. The number of nitrogen functional groups attached to an aromatic ring is 1. The molecule has 45 heavy (non-hydrogen) atoms. The minimum absolute atomic E-state index is 0.121. The number of aliphatic hydroxyl groups is 1. The lowest BCUT2D eigenvalue weighted by molar-refractivity contribution is -0.167. The lowest BCUT2D eigenvalue weighted by atomic mass is 10.1. The molecule has 11 nitrogen and oxygen atoms in total. The lowest BCUT2D eigenvalue weighted by Crippen LogP contribution is -2.40. The summed E-state index contributed by atoms with van der Waals surface area (Å²) in [6.07, 6.45) is 0.0813. The number of nitrogens with two attached hydrogens (primary N) is 1. The number of hydrogen-bond donors (Lipinski definition) is 3. The van der Waals surface area contributed by atoms with Gasteiger partial charge in [-0.05, 0) is 71.6 Å². The van der Waals surface area contributed by atoms with Crippen LogP contribution in [0.5, 0.6) is 0 Å². The summed E-state index contributed by atoms with van der Waals surface area (Å²) >= 11 is 1.43. The van der Waals surface area contributed by atoms with E-state index in [0.717, 1.165) is 24.3 Å². The Morgan fingerprint density at radius 2 is 1.93 bits per heavy atom. The monoisotopic (exact) mass is 651 g/mol. The molecule has 14 heteroatoms. The number of anilines is 3. The van der Waals surface area contributed by atoms with E-state index in [0.29, 0.717) is 29.4 Å². The van der Waals surface area contributed by atoms with Crippen LogP contribution in [0.15, 0.2) is 23.4 Å². The maximum atomic E-state index is 14.1. The molecular weight excluding hydrogens is 608 g/mol. The Morgan fingerprint density at radius 3 is 2.60 bits per heavy atom. The normalized spacial score (nSPS) is 26.9. The summed E-state index contributed by atoms with van der Waals surface area (Å²) < 4.78 is 51.9. The Hall–Kier alpha value is -2.78. The second-order valence-electron chi connectivity index (χ2n) is 13.1. The zero-order chi connectivity index (χ0) is 32.7. The molecule has 1 aliphatic heterocycles. The van der Waals surface area contributed by atoms with E-state index < -0.39 is 41.3 Å². The van der Waals surface area contributed by atoms with Gasteiger partial charge in [0.25, 0.3) is 0 Å². The highest BCUT2D eigenvalue weighted by Crippen LogP contribution is 2.49. The Labute approximate surface area is 266 Å². The number of amides is 1. The van der Waals surface area contributed by atoms with Crippen molar-refractivity contribution in [3.63, 3.8) is 0 Å². The molecule has 1 aromatic carbocycles. The second-order valence-corrected chi connectivity index (χ2v) is 14.1. The molecule has 4 N–H and O–H groups in total. The molecular formula is C31H43F2N5O6S. The average molecular weight is 652 g/mol. The van der Waals surface area contributed by atoms with Crippen molar-refractivity contribution < 1.29 is 37.6 Å². The summed E-state index contributed by atoms with van der Waals surface area (Å²) in [6, 6.07) is 2.98. The SMILES string of the molecule is CCCSc1nc(NC2CC(OCCO)C3OC(C)(C)OC23)c(N)c(N(C(=O)OC(C)(C)C)C2CC2c2ccc(F)c(F)c2)n1. The van der Waals surface area contributed by atoms with Gasteiger partial charge in [-0.1, -0.05) is 24.8 Å². The number of rotatable bonds is 11. The van der Waals surface area contributed by atoms with Crippen LogP contribution in [0.1, 0.15) is 72.3 Å². The maximum absolute atomic E-state index is 14.1. The summed E-state index contributed by atoms with van der Waals surface area (Å²) in [6.45, 7) is 11.0. The van der Waals surface area contributed by atoms with Crippen LogP contribution >= 0.6 is 11.8 Å². The summed E-state index contributed by atoms with van der Waals surface area (Å²) in [5.74, 6) is -1.80. The minimum atomic E-state index is -0.953. The standard InChI is InChI=1S/C31H43F2N5O6S/c1-7-12-45-28-36-26(35-20-15-22(41-11-10-39)25-24(20)42-31(5,6)43-25)23(34)27(37-28)38(29(40)44-30(2,3)4)21-14-17(21)16-8-9-18(32)19(33)13-16/h8-9,13,17,20-22,24-25,39H,7,10-12,14-15,34H2,1-6H3,(H,35,36,37). The first-order valence-electron chi connectivity index (χ1n) is 15.3. The topological polar surface area (TPSA) is 141 Å². The van der Waals surface area contributed by atoms with Gasteiger partial charge in [-0.2, -0.15) is 0 Å². The van der Waals surface area contributed by atoms with Gasteiger partial charge in [0.1, 0.15) is 23.5 Å². The van der Waals surface area contributed by atoms with Gasteiger partial charge in [-0.15, -0.1) is 0 Å². The number of thioether (sulfide) groups is 1. The summed E-state index contributed by atoms with van der Waals surface area (Å²) in [5, 5.41) is 13.2. The molecule has 2 aromatic rings. The van der Waals surface area contributed by atoms with Crippen molar-refractivity contribution in [2.24, 2.45) is 0 Å². The number of fused-ring (bicyclic) bond motifs is 1. The van der Waals surface area contributed by atoms with Crippen LogP contribution in [-0.4, -0.2) is 81.9 Å². The van der Waals surface area contributed by atoms with Crippen LogP contribution in [0, 0.1) is 11.6 Å². The van der Waals surface area contributed by atoms with E-state index >= 15 is 0 Å². The van der Waals surface area contributed by atoms with Gasteiger partial charge in [0.05, 0.1) is 25.4 Å². The van der Waals surface area contributed by atoms with Crippen molar-refractivity contribution in [1.29, 1.82) is 0 Å². The van der Waals surface area contributed by atoms with E-state index in [4.69, 9.17) is 34.6 Å². The van der Waals surface area contributed by atoms with Crippen molar-refractivity contribution in [3.05, 3.63) is 35.4 Å². The van der Waals surface area contributed by atoms with Crippen LogP contribution in [0.25, 0.3) is 0 Å². The number of aromatic nitrogens is 2. The van der Waals surface area contributed by atoms with E-state index in [9.17, 15) is 18.7 Å². The molecule has 2 heterocycles. The van der Waals surface area contributed by atoms with E-state index in [2.05, 4.69) is 5.32 Å². The first-order chi connectivity index (χ1) is 21.2. The van der Waals surface area contributed by atoms with Crippen LogP contribution in [0.4, 0.5) is 30.9 Å². The van der Waals surface area contributed by atoms with Crippen molar-refractivity contribution in [3.8, 4) is 0 Å².